The molecule has 1 aliphatic heterocycles. The van der Waals surface area contributed by atoms with Crippen LogP contribution >= 0.6 is 23.1 Å². The van der Waals surface area contributed by atoms with Crippen molar-refractivity contribution in [3.05, 3.63) is 40.4 Å². The molecule has 2 heterocycles. The maximum atomic E-state index is 11.6. The molecule has 1 aromatic heterocycles. The van der Waals surface area contributed by atoms with E-state index in [-0.39, 0.29) is 16.4 Å². The fraction of sp³-hybridized carbons (Fsp3) is 0.389. The smallest absolute Gasteiger partial charge is 0.286 e. The molecule has 1 saturated heterocycles. The van der Waals surface area contributed by atoms with E-state index in [1.54, 1.807) is 11.3 Å². The van der Waals surface area contributed by atoms with E-state index in [0.717, 1.165) is 40.4 Å². The molecule has 3 rings (SSSR count). The van der Waals surface area contributed by atoms with Crippen molar-refractivity contribution >= 4 is 39.4 Å². The van der Waals surface area contributed by atoms with Gasteiger partial charge in [0.1, 0.15) is 12.4 Å². The monoisotopic (exact) mass is 391 g/mol. The van der Waals surface area contributed by atoms with Gasteiger partial charge < -0.3 is 9.64 Å². The van der Waals surface area contributed by atoms with E-state index < -0.39 is 0 Å². The van der Waals surface area contributed by atoms with E-state index in [9.17, 15) is 9.59 Å². The third-order valence-corrected chi connectivity index (χ3v) is 6.32. The third-order valence-electron chi connectivity index (χ3n) is 4.15. The van der Waals surface area contributed by atoms with Crippen molar-refractivity contribution in [1.82, 2.24) is 10.3 Å². The van der Waals surface area contributed by atoms with Crippen molar-refractivity contribution in [2.45, 2.75) is 25.5 Å². The molecule has 8 heteroatoms. The summed E-state index contributed by atoms with van der Waals surface area (Å²) in [5, 5.41) is 2.70. The van der Waals surface area contributed by atoms with Gasteiger partial charge in [0, 0.05) is 11.9 Å². The van der Waals surface area contributed by atoms with Crippen LogP contribution in [0.3, 0.4) is 0 Å². The molecule has 138 valence electrons. The van der Waals surface area contributed by atoms with Crippen LogP contribution in [0, 0.1) is 13.8 Å². The number of thiazole rings is 1. The van der Waals surface area contributed by atoms with Crippen LogP contribution in [0.2, 0.25) is 0 Å². The van der Waals surface area contributed by atoms with E-state index in [1.165, 1.54) is 4.88 Å². The van der Waals surface area contributed by atoms with Gasteiger partial charge in [0.05, 0.1) is 17.5 Å². The molecule has 2 aromatic rings. The summed E-state index contributed by atoms with van der Waals surface area (Å²) < 4.78 is 5.79. The maximum absolute atomic E-state index is 11.6. The van der Waals surface area contributed by atoms with Crippen LogP contribution in [0.4, 0.5) is 9.93 Å². The number of imide groups is 1. The number of nitrogens with one attached hydrogen (secondary N) is 1. The molecule has 0 saturated carbocycles. The molecule has 6 nitrogen and oxygen atoms in total. The Kier molecular flexibility index (Phi) is 5.83. The minimum Gasteiger partial charge on any atom is -0.492 e. The fourth-order valence-corrected chi connectivity index (χ4v) is 4.24. The summed E-state index contributed by atoms with van der Waals surface area (Å²) in [6.07, 6.45) is 0.536. The van der Waals surface area contributed by atoms with Gasteiger partial charge in [-0.15, -0.1) is 11.3 Å². The Bertz CT molecular complexity index is 785. The van der Waals surface area contributed by atoms with E-state index in [0.29, 0.717) is 13.0 Å². The lowest BCUT2D eigenvalue weighted by Gasteiger charge is -2.16. The topological polar surface area (TPSA) is 71.5 Å². The van der Waals surface area contributed by atoms with Crippen LogP contribution in [0.5, 0.6) is 5.75 Å². The van der Waals surface area contributed by atoms with Crippen molar-refractivity contribution in [3.8, 4) is 5.75 Å². The normalized spacial score (nSPS) is 16.7. The van der Waals surface area contributed by atoms with Crippen LogP contribution in [0.15, 0.2) is 24.3 Å². The molecule has 0 bridgehead atoms. The number of anilines is 1. The van der Waals surface area contributed by atoms with Crippen LogP contribution in [0.25, 0.3) is 0 Å². The van der Waals surface area contributed by atoms with E-state index in [2.05, 4.69) is 22.1 Å². The molecule has 1 fully saturated rings. The minimum atomic E-state index is -0.340. The van der Waals surface area contributed by atoms with Crippen molar-refractivity contribution in [3.63, 3.8) is 0 Å². The molecule has 1 atom stereocenters. The number of benzene rings is 1. The average Bonchev–Trinajstić information content (AvgIpc) is 3.10. The van der Waals surface area contributed by atoms with E-state index >= 15 is 0 Å². The SMILES string of the molecule is Cc1nc(N(C)CCOc2ccc(CC3SC(=O)NC3=O)cc2)sc1C. The Morgan fingerprint density at radius 3 is 2.54 bits per heavy atom. The molecule has 1 aliphatic rings. The fourth-order valence-electron chi connectivity index (χ4n) is 2.48. The summed E-state index contributed by atoms with van der Waals surface area (Å²) in [6, 6.07) is 7.66. The summed E-state index contributed by atoms with van der Waals surface area (Å²) in [5.74, 6) is 0.573. The third kappa shape index (κ3) is 4.56. The summed E-state index contributed by atoms with van der Waals surface area (Å²) >= 11 is 2.74. The largest absolute Gasteiger partial charge is 0.492 e. The molecule has 0 radical (unpaired) electrons. The van der Waals surface area contributed by atoms with Gasteiger partial charge in [-0.2, -0.15) is 0 Å². The predicted molar refractivity (Wildman–Crippen MR) is 105 cm³/mol. The van der Waals surface area contributed by atoms with Crippen molar-refractivity contribution < 1.29 is 14.3 Å². The number of aryl methyl sites for hydroxylation is 2. The van der Waals surface area contributed by atoms with E-state index in [1.807, 2.05) is 38.2 Å². The highest BCUT2D eigenvalue weighted by Gasteiger charge is 2.31. The van der Waals surface area contributed by atoms with Crippen molar-refractivity contribution in [2.24, 2.45) is 0 Å². The molecular weight excluding hydrogens is 370 g/mol. The molecule has 1 unspecified atom stereocenters. The molecule has 2 amide bonds. The highest BCUT2D eigenvalue weighted by molar-refractivity contribution is 8.15. The number of nitrogens with zero attached hydrogens (tertiary/aromatic N) is 2. The van der Waals surface area contributed by atoms with Crippen molar-refractivity contribution in [1.29, 1.82) is 0 Å². The predicted octanol–water partition coefficient (Wildman–Crippen LogP) is 3.17. The molecule has 1 aromatic carbocycles. The highest BCUT2D eigenvalue weighted by Crippen LogP contribution is 2.25. The Balaban J connectivity index is 1.47. The number of aromatic nitrogens is 1. The second kappa shape index (κ2) is 8.09. The zero-order valence-corrected chi connectivity index (χ0v) is 16.6. The van der Waals surface area contributed by atoms with Crippen LogP contribution in [-0.4, -0.2) is 41.6 Å². The Hall–Kier alpha value is -2.06. The number of amides is 2. The van der Waals surface area contributed by atoms with Gasteiger partial charge in [-0.1, -0.05) is 23.9 Å². The first-order chi connectivity index (χ1) is 12.4. The Labute approximate surface area is 160 Å². The summed E-state index contributed by atoms with van der Waals surface area (Å²) in [6.45, 7) is 5.40. The van der Waals surface area contributed by atoms with Crippen LogP contribution in [-0.2, 0) is 11.2 Å². The minimum absolute atomic E-state index is 0.212. The second-order valence-corrected chi connectivity index (χ2v) is 8.50. The van der Waals surface area contributed by atoms with Crippen LogP contribution in [0.1, 0.15) is 16.1 Å². The molecule has 0 aliphatic carbocycles. The van der Waals surface area contributed by atoms with Crippen molar-refractivity contribution in [2.75, 3.05) is 25.1 Å². The maximum Gasteiger partial charge on any atom is 0.286 e. The highest BCUT2D eigenvalue weighted by atomic mass is 32.2. The van der Waals surface area contributed by atoms with Crippen LogP contribution < -0.4 is 15.0 Å². The number of hydrogen-bond donors (Lipinski definition) is 1. The number of carbonyl (C=O) groups excluding carboxylic acids is 2. The quantitative estimate of drug-likeness (QED) is 0.782. The number of rotatable bonds is 7. The van der Waals surface area contributed by atoms with Gasteiger partial charge in [-0.25, -0.2) is 4.98 Å². The lowest BCUT2D eigenvalue weighted by atomic mass is 10.1. The summed E-state index contributed by atoms with van der Waals surface area (Å²) in [5.41, 5.74) is 2.08. The lowest BCUT2D eigenvalue weighted by Crippen LogP contribution is -2.25. The Morgan fingerprint density at radius 2 is 1.96 bits per heavy atom. The number of likely N-dealkylation sites (N-methyl/N-ethyl adjacent to an activating group) is 1. The average molecular weight is 392 g/mol. The summed E-state index contributed by atoms with van der Waals surface area (Å²) in [7, 11) is 2.01. The van der Waals surface area contributed by atoms with Gasteiger partial charge in [0.15, 0.2) is 5.13 Å². The standard InChI is InChI=1S/C18H21N3O3S2/c1-11-12(2)25-17(19-11)21(3)8-9-24-14-6-4-13(5-7-14)10-15-16(22)20-18(23)26-15/h4-7,15H,8-10H2,1-3H3,(H,20,22,23). The zero-order valence-electron chi connectivity index (χ0n) is 14.9. The lowest BCUT2D eigenvalue weighted by molar-refractivity contribution is -0.118. The molecular formula is C18H21N3O3S2. The van der Waals surface area contributed by atoms with Gasteiger partial charge in [0.25, 0.3) is 5.24 Å². The molecule has 26 heavy (non-hydrogen) atoms. The zero-order chi connectivity index (χ0) is 18.7. The molecule has 1 N–H and O–H groups in total. The number of thioether (sulfide) groups is 1. The van der Waals surface area contributed by atoms with Gasteiger partial charge in [-0.05, 0) is 38.0 Å². The van der Waals surface area contributed by atoms with Gasteiger partial charge in [0.2, 0.25) is 5.91 Å². The van der Waals surface area contributed by atoms with E-state index in [4.69, 9.17) is 4.74 Å². The Morgan fingerprint density at radius 1 is 1.23 bits per heavy atom. The number of carbonyl (C=O) groups is 2. The first-order valence-corrected chi connectivity index (χ1v) is 10.0. The number of ether oxygens (including phenoxy) is 1. The first kappa shape index (κ1) is 18.7. The number of hydrogen-bond acceptors (Lipinski definition) is 7. The van der Waals surface area contributed by atoms with Gasteiger partial charge >= 0.3 is 0 Å². The van der Waals surface area contributed by atoms with Gasteiger partial charge in [-0.3, -0.25) is 14.9 Å². The summed E-state index contributed by atoms with van der Waals surface area (Å²) in [4.78, 5) is 30.7. The first-order valence-electron chi connectivity index (χ1n) is 8.31. The molecule has 0 spiro atoms. The second-order valence-electron chi connectivity index (χ2n) is 6.14.